The Kier molecular flexibility index (Phi) is 8.39. The monoisotopic (exact) mass is 579 g/mol. The molecule has 1 saturated heterocycles. The molecule has 4 aromatic carbocycles. The predicted molar refractivity (Wildman–Crippen MR) is 164 cm³/mol. The molecule has 0 aliphatic carbocycles. The summed E-state index contributed by atoms with van der Waals surface area (Å²) in [5.74, 6) is -0.162. The molecule has 220 valence electrons. The van der Waals surface area contributed by atoms with Crippen molar-refractivity contribution in [3.63, 3.8) is 0 Å². The van der Waals surface area contributed by atoms with Crippen LogP contribution in [0.2, 0.25) is 0 Å². The number of aliphatic hydroxyl groups excluding tert-OH is 1. The lowest BCUT2D eigenvalue weighted by Gasteiger charge is -2.27. The van der Waals surface area contributed by atoms with Crippen LogP contribution in [0.4, 0.5) is 5.69 Å². The maximum absolute atomic E-state index is 13.7. The number of carbonyl (C=O) groups is 2. The Balaban J connectivity index is 1.64. The second-order valence-corrected chi connectivity index (χ2v) is 10.2. The molecule has 5 rings (SSSR count). The summed E-state index contributed by atoms with van der Waals surface area (Å²) < 4.78 is 22.6. The SMILES string of the molecule is COc1cc(C2/C(=C(\O)c3ccc(OCc4ccccc4)c(C)c3)C(=O)C(=O)N2c2cccc(C)c2)cc(OC)c1OC. The molecule has 0 spiro atoms. The number of carbonyl (C=O) groups excluding carboxylic acids is 2. The summed E-state index contributed by atoms with van der Waals surface area (Å²) in [6, 6.07) is 24.6. The number of hydrogen-bond donors (Lipinski definition) is 1. The predicted octanol–water partition coefficient (Wildman–Crippen LogP) is 6.53. The Bertz CT molecular complexity index is 1690. The van der Waals surface area contributed by atoms with Crippen molar-refractivity contribution in [2.75, 3.05) is 26.2 Å². The number of ether oxygens (including phenoxy) is 4. The van der Waals surface area contributed by atoms with Crippen molar-refractivity contribution in [2.24, 2.45) is 0 Å². The van der Waals surface area contributed by atoms with Crippen LogP contribution < -0.4 is 23.8 Å². The molecular formula is C35H33NO7. The van der Waals surface area contributed by atoms with Crippen molar-refractivity contribution >= 4 is 23.1 Å². The van der Waals surface area contributed by atoms with Crippen LogP contribution in [0.25, 0.3) is 5.76 Å². The summed E-state index contributed by atoms with van der Waals surface area (Å²) in [6.45, 7) is 4.15. The van der Waals surface area contributed by atoms with Crippen LogP contribution >= 0.6 is 0 Å². The van der Waals surface area contributed by atoms with Crippen LogP contribution in [0, 0.1) is 13.8 Å². The lowest BCUT2D eigenvalue weighted by atomic mass is 9.94. The summed E-state index contributed by atoms with van der Waals surface area (Å²) in [5.41, 5.74) is 4.02. The number of ketones is 1. The van der Waals surface area contributed by atoms with Gasteiger partial charge < -0.3 is 24.1 Å². The molecule has 1 fully saturated rings. The molecule has 1 aliphatic heterocycles. The molecule has 1 atom stereocenters. The zero-order valence-electron chi connectivity index (χ0n) is 24.7. The third kappa shape index (κ3) is 5.64. The average molecular weight is 580 g/mol. The van der Waals surface area contributed by atoms with Crippen LogP contribution in [0.3, 0.4) is 0 Å². The molecule has 1 aliphatic rings. The summed E-state index contributed by atoms with van der Waals surface area (Å²) in [5, 5.41) is 11.7. The second kappa shape index (κ2) is 12.3. The van der Waals surface area contributed by atoms with Gasteiger partial charge in [0.2, 0.25) is 5.75 Å². The number of methoxy groups -OCH3 is 3. The third-order valence-electron chi connectivity index (χ3n) is 7.41. The highest BCUT2D eigenvalue weighted by Crippen LogP contribution is 2.47. The lowest BCUT2D eigenvalue weighted by molar-refractivity contribution is -0.132. The maximum atomic E-state index is 13.7. The van der Waals surface area contributed by atoms with Crippen molar-refractivity contribution in [1.29, 1.82) is 0 Å². The molecule has 43 heavy (non-hydrogen) atoms. The van der Waals surface area contributed by atoms with Gasteiger partial charge in [0, 0.05) is 11.3 Å². The number of aliphatic hydroxyl groups is 1. The number of amides is 1. The van der Waals surface area contributed by atoms with Gasteiger partial charge in [-0.1, -0.05) is 42.5 Å². The van der Waals surface area contributed by atoms with E-state index < -0.39 is 17.7 Å². The number of rotatable bonds is 9. The van der Waals surface area contributed by atoms with Gasteiger partial charge in [-0.25, -0.2) is 0 Å². The number of anilines is 1. The Hall–Kier alpha value is -5.24. The smallest absolute Gasteiger partial charge is 0.300 e. The molecular weight excluding hydrogens is 546 g/mol. The maximum Gasteiger partial charge on any atom is 0.300 e. The van der Waals surface area contributed by atoms with E-state index in [0.29, 0.717) is 46.4 Å². The molecule has 0 bridgehead atoms. The van der Waals surface area contributed by atoms with E-state index in [1.54, 1.807) is 36.4 Å². The highest BCUT2D eigenvalue weighted by atomic mass is 16.5. The molecule has 1 N–H and O–H groups in total. The van der Waals surface area contributed by atoms with Gasteiger partial charge in [-0.05, 0) is 78.6 Å². The largest absolute Gasteiger partial charge is 0.507 e. The molecule has 4 aromatic rings. The van der Waals surface area contributed by atoms with Gasteiger partial charge in [-0.2, -0.15) is 0 Å². The van der Waals surface area contributed by atoms with E-state index in [0.717, 1.165) is 16.7 Å². The van der Waals surface area contributed by atoms with Crippen LogP contribution in [-0.2, 0) is 16.2 Å². The Labute approximate surface area is 250 Å². The topological polar surface area (TPSA) is 94.5 Å². The normalized spacial score (nSPS) is 15.8. The van der Waals surface area contributed by atoms with Gasteiger partial charge in [0.05, 0.1) is 32.9 Å². The summed E-state index contributed by atoms with van der Waals surface area (Å²) in [4.78, 5) is 28.7. The summed E-state index contributed by atoms with van der Waals surface area (Å²) in [6.07, 6.45) is 0. The van der Waals surface area contributed by atoms with Crippen LogP contribution in [-0.4, -0.2) is 38.1 Å². The fourth-order valence-corrected chi connectivity index (χ4v) is 5.30. The third-order valence-corrected chi connectivity index (χ3v) is 7.41. The highest BCUT2D eigenvalue weighted by Gasteiger charge is 2.47. The lowest BCUT2D eigenvalue weighted by Crippen LogP contribution is -2.29. The first-order chi connectivity index (χ1) is 20.8. The fraction of sp³-hybridized carbons (Fsp3) is 0.200. The van der Waals surface area contributed by atoms with E-state index in [4.69, 9.17) is 18.9 Å². The number of aryl methyl sites for hydroxylation is 2. The van der Waals surface area contributed by atoms with E-state index >= 15 is 0 Å². The standard InChI is InChI=1S/C35H33NO7/c1-21-10-9-13-26(16-21)36-31(25-18-28(40-3)34(42-5)29(19-25)41-4)30(33(38)35(36)39)32(37)24-14-15-27(22(2)17-24)43-20-23-11-7-6-8-12-23/h6-19,31,37H,20H2,1-5H3/b32-30+. The second-order valence-electron chi connectivity index (χ2n) is 10.2. The van der Waals surface area contributed by atoms with Gasteiger partial charge in [0.15, 0.2) is 11.5 Å². The summed E-state index contributed by atoms with van der Waals surface area (Å²) in [7, 11) is 4.47. The van der Waals surface area contributed by atoms with Crippen molar-refractivity contribution in [3.8, 4) is 23.0 Å². The molecule has 1 unspecified atom stereocenters. The first kappa shape index (κ1) is 29.3. The minimum absolute atomic E-state index is 0.0573. The van der Waals surface area contributed by atoms with E-state index in [1.807, 2.05) is 62.4 Å². The number of nitrogens with zero attached hydrogens (tertiary/aromatic N) is 1. The van der Waals surface area contributed by atoms with Crippen LogP contribution in [0.1, 0.15) is 33.9 Å². The first-order valence-electron chi connectivity index (χ1n) is 13.7. The van der Waals surface area contributed by atoms with Crippen molar-refractivity contribution < 1.29 is 33.6 Å². The number of benzene rings is 4. The van der Waals surface area contributed by atoms with E-state index in [-0.39, 0.29) is 11.3 Å². The Morgan fingerprint density at radius 1 is 0.791 bits per heavy atom. The number of hydrogen-bond acceptors (Lipinski definition) is 7. The van der Waals surface area contributed by atoms with E-state index in [2.05, 4.69) is 0 Å². The Morgan fingerprint density at radius 2 is 1.49 bits per heavy atom. The molecule has 8 nitrogen and oxygen atoms in total. The van der Waals surface area contributed by atoms with Crippen molar-refractivity contribution in [3.05, 3.63) is 118 Å². The molecule has 0 saturated carbocycles. The Morgan fingerprint density at radius 3 is 2.09 bits per heavy atom. The highest BCUT2D eigenvalue weighted by molar-refractivity contribution is 6.51. The molecule has 0 radical (unpaired) electrons. The van der Waals surface area contributed by atoms with Gasteiger partial charge in [0.25, 0.3) is 11.7 Å². The van der Waals surface area contributed by atoms with Crippen LogP contribution in [0.15, 0.2) is 90.5 Å². The van der Waals surface area contributed by atoms with E-state index in [1.165, 1.54) is 26.2 Å². The quantitative estimate of drug-likeness (QED) is 0.137. The minimum atomic E-state index is -0.982. The zero-order chi connectivity index (χ0) is 30.7. The zero-order valence-corrected chi connectivity index (χ0v) is 24.7. The first-order valence-corrected chi connectivity index (χ1v) is 13.7. The number of Topliss-reactive ketones (excluding diaryl/α,β-unsaturated/α-hetero) is 1. The fourth-order valence-electron chi connectivity index (χ4n) is 5.30. The van der Waals surface area contributed by atoms with Gasteiger partial charge >= 0.3 is 0 Å². The molecule has 8 heteroatoms. The van der Waals surface area contributed by atoms with E-state index in [9.17, 15) is 14.7 Å². The van der Waals surface area contributed by atoms with Crippen molar-refractivity contribution in [2.45, 2.75) is 26.5 Å². The van der Waals surface area contributed by atoms with Crippen molar-refractivity contribution in [1.82, 2.24) is 0 Å². The molecule has 0 aromatic heterocycles. The molecule has 1 heterocycles. The summed E-state index contributed by atoms with van der Waals surface area (Å²) >= 11 is 0. The van der Waals surface area contributed by atoms with Crippen LogP contribution in [0.5, 0.6) is 23.0 Å². The minimum Gasteiger partial charge on any atom is -0.507 e. The van der Waals surface area contributed by atoms with Gasteiger partial charge in [0.1, 0.15) is 18.1 Å². The average Bonchev–Trinajstić information content (AvgIpc) is 3.29. The van der Waals surface area contributed by atoms with Gasteiger partial charge in [-0.3, -0.25) is 14.5 Å². The molecule has 1 amide bonds. The van der Waals surface area contributed by atoms with Gasteiger partial charge in [-0.15, -0.1) is 0 Å².